The van der Waals surface area contributed by atoms with Gasteiger partial charge in [-0.2, -0.15) is 0 Å². The topological polar surface area (TPSA) is 72.3 Å². The number of aromatic hydroxyl groups is 1. The number of aryl methyl sites for hydroxylation is 2. The van der Waals surface area contributed by atoms with Crippen molar-refractivity contribution in [2.45, 2.75) is 13.8 Å². The summed E-state index contributed by atoms with van der Waals surface area (Å²) in [7, 11) is 0. The molecule has 1 heterocycles. The van der Waals surface area contributed by atoms with Crippen LogP contribution in [0, 0.1) is 13.8 Å². The molecule has 0 aliphatic heterocycles. The maximum absolute atomic E-state index is 10.2. The first-order chi connectivity index (χ1) is 9.45. The third kappa shape index (κ3) is 2.04. The summed E-state index contributed by atoms with van der Waals surface area (Å²) >= 11 is 3.46. The Morgan fingerprint density at radius 2 is 1.95 bits per heavy atom. The highest BCUT2D eigenvalue weighted by molar-refractivity contribution is 9.10. The molecule has 3 aromatic rings. The second-order valence-corrected chi connectivity index (χ2v) is 5.70. The zero-order valence-electron chi connectivity index (χ0n) is 11.1. The average Bonchev–Trinajstić information content (AvgIpc) is 2.77. The number of nitrogen functional groups attached to an aromatic ring is 1. The molecule has 0 aliphatic rings. The van der Waals surface area contributed by atoms with E-state index >= 15 is 0 Å². The van der Waals surface area contributed by atoms with Crippen LogP contribution < -0.4 is 5.73 Å². The Hall–Kier alpha value is -2.01. The third-order valence-electron chi connectivity index (χ3n) is 3.14. The van der Waals surface area contributed by atoms with Gasteiger partial charge in [-0.3, -0.25) is 0 Å². The normalized spacial score (nSPS) is 11.2. The molecule has 3 rings (SSSR count). The summed E-state index contributed by atoms with van der Waals surface area (Å²) in [6.45, 7) is 3.78. The molecule has 5 heteroatoms. The molecule has 0 aliphatic carbocycles. The van der Waals surface area contributed by atoms with E-state index in [1.54, 1.807) is 19.1 Å². The molecular weight excluding hydrogens is 320 g/mol. The summed E-state index contributed by atoms with van der Waals surface area (Å²) in [4.78, 5) is 4.44. The van der Waals surface area contributed by atoms with Gasteiger partial charge in [-0.25, -0.2) is 4.98 Å². The van der Waals surface area contributed by atoms with Crippen LogP contribution in [-0.2, 0) is 0 Å². The first kappa shape index (κ1) is 13.0. The molecule has 0 fully saturated rings. The highest BCUT2D eigenvalue weighted by Crippen LogP contribution is 2.37. The molecule has 0 saturated heterocycles. The minimum Gasteiger partial charge on any atom is -0.507 e. The lowest BCUT2D eigenvalue weighted by molar-refractivity contribution is 0.470. The predicted molar refractivity (Wildman–Crippen MR) is 82.7 cm³/mol. The minimum atomic E-state index is 0.138. The fourth-order valence-corrected chi connectivity index (χ4v) is 2.85. The number of oxazole rings is 1. The van der Waals surface area contributed by atoms with Gasteiger partial charge < -0.3 is 15.3 Å². The number of phenolic OH excluding ortho intramolecular Hbond substituents is 1. The molecule has 0 atom stereocenters. The maximum atomic E-state index is 10.2. The first-order valence-corrected chi connectivity index (χ1v) is 6.91. The van der Waals surface area contributed by atoms with E-state index in [-0.39, 0.29) is 5.75 Å². The van der Waals surface area contributed by atoms with Crippen LogP contribution in [0.15, 0.2) is 33.2 Å². The van der Waals surface area contributed by atoms with Crippen molar-refractivity contribution in [3.63, 3.8) is 0 Å². The molecule has 0 spiro atoms. The zero-order chi connectivity index (χ0) is 14.4. The Balaban J connectivity index is 2.28. The smallest absolute Gasteiger partial charge is 0.231 e. The maximum Gasteiger partial charge on any atom is 0.231 e. The SMILES string of the molecule is Cc1cc(Br)c2oc(-c3cc(N)cc(C)c3O)nc2c1. The Morgan fingerprint density at radius 3 is 2.70 bits per heavy atom. The highest BCUT2D eigenvalue weighted by Gasteiger charge is 2.16. The van der Waals surface area contributed by atoms with Crippen LogP contribution in [0.3, 0.4) is 0 Å². The van der Waals surface area contributed by atoms with Gasteiger partial charge in [0.05, 0.1) is 10.0 Å². The quantitative estimate of drug-likeness (QED) is 0.518. The Kier molecular flexibility index (Phi) is 2.94. The van der Waals surface area contributed by atoms with Crippen LogP contribution in [0.5, 0.6) is 5.75 Å². The van der Waals surface area contributed by atoms with E-state index in [2.05, 4.69) is 20.9 Å². The monoisotopic (exact) mass is 332 g/mol. The first-order valence-electron chi connectivity index (χ1n) is 6.12. The van der Waals surface area contributed by atoms with Gasteiger partial charge in [0, 0.05) is 5.69 Å². The molecule has 1 aromatic heterocycles. The van der Waals surface area contributed by atoms with Crippen molar-refractivity contribution in [2.75, 3.05) is 5.73 Å². The zero-order valence-corrected chi connectivity index (χ0v) is 12.7. The number of nitrogens with zero attached hydrogens (tertiary/aromatic N) is 1. The number of hydrogen-bond donors (Lipinski definition) is 2. The van der Waals surface area contributed by atoms with E-state index < -0.39 is 0 Å². The lowest BCUT2D eigenvalue weighted by Crippen LogP contribution is -1.89. The van der Waals surface area contributed by atoms with Gasteiger partial charge >= 0.3 is 0 Å². The van der Waals surface area contributed by atoms with E-state index in [0.717, 1.165) is 15.6 Å². The molecular formula is C15H13BrN2O2. The second kappa shape index (κ2) is 4.52. The third-order valence-corrected chi connectivity index (χ3v) is 3.73. The van der Waals surface area contributed by atoms with Crippen LogP contribution in [0.4, 0.5) is 5.69 Å². The van der Waals surface area contributed by atoms with Crippen LogP contribution >= 0.6 is 15.9 Å². The second-order valence-electron chi connectivity index (χ2n) is 4.85. The molecule has 4 nitrogen and oxygen atoms in total. The lowest BCUT2D eigenvalue weighted by atomic mass is 10.1. The van der Waals surface area contributed by atoms with Crippen molar-refractivity contribution in [2.24, 2.45) is 0 Å². The number of rotatable bonds is 1. The van der Waals surface area contributed by atoms with Crippen molar-refractivity contribution < 1.29 is 9.52 Å². The van der Waals surface area contributed by atoms with Gasteiger partial charge in [0.1, 0.15) is 11.3 Å². The average molecular weight is 333 g/mol. The van der Waals surface area contributed by atoms with Gasteiger partial charge in [0.25, 0.3) is 0 Å². The summed E-state index contributed by atoms with van der Waals surface area (Å²) in [6.07, 6.45) is 0. The Bertz CT molecular complexity index is 824. The van der Waals surface area contributed by atoms with Crippen LogP contribution in [0.25, 0.3) is 22.6 Å². The lowest BCUT2D eigenvalue weighted by Gasteiger charge is -2.05. The molecule has 0 unspecified atom stereocenters. The molecule has 0 saturated carbocycles. The molecule has 0 bridgehead atoms. The van der Waals surface area contributed by atoms with Gasteiger partial charge in [-0.05, 0) is 65.2 Å². The minimum absolute atomic E-state index is 0.138. The molecule has 3 N–H and O–H groups in total. The van der Waals surface area contributed by atoms with Gasteiger partial charge in [0.15, 0.2) is 5.58 Å². The van der Waals surface area contributed by atoms with Crippen molar-refractivity contribution >= 4 is 32.7 Å². The van der Waals surface area contributed by atoms with Gasteiger partial charge in [0.2, 0.25) is 5.89 Å². The number of anilines is 1. The van der Waals surface area contributed by atoms with Crippen molar-refractivity contribution in [1.82, 2.24) is 4.98 Å². The van der Waals surface area contributed by atoms with E-state index in [1.807, 2.05) is 19.1 Å². The van der Waals surface area contributed by atoms with E-state index in [1.165, 1.54) is 0 Å². The molecule has 2 aromatic carbocycles. The fourth-order valence-electron chi connectivity index (χ4n) is 2.21. The van der Waals surface area contributed by atoms with Crippen LogP contribution in [0.2, 0.25) is 0 Å². The number of phenols is 1. The van der Waals surface area contributed by atoms with Gasteiger partial charge in [-0.15, -0.1) is 0 Å². The summed E-state index contributed by atoms with van der Waals surface area (Å²) in [5.41, 5.74) is 10.1. The number of nitrogens with two attached hydrogens (primary N) is 1. The van der Waals surface area contributed by atoms with Crippen molar-refractivity contribution in [3.05, 3.63) is 39.9 Å². The predicted octanol–water partition coefficient (Wildman–Crippen LogP) is 4.16. The molecule has 0 amide bonds. The number of halogens is 1. The standard InChI is InChI=1S/C15H13BrN2O2/c1-7-3-11(16)14-12(4-7)18-15(20-14)10-6-9(17)5-8(2)13(10)19/h3-6,19H,17H2,1-2H3. The van der Waals surface area contributed by atoms with E-state index in [4.69, 9.17) is 10.2 Å². The summed E-state index contributed by atoms with van der Waals surface area (Å²) in [5.74, 6) is 0.498. The number of fused-ring (bicyclic) bond motifs is 1. The number of aromatic nitrogens is 1. The Morgan fingerprint density at radius 1 is 1.20 bits per heavy atom. The van der Waals surface area contributed by atoms with Gasteiger partial charge in [-0.1, -0.05) is 0 Å². The van der Waals surface area contributed by atoms with Crippen molar-refractivity contribution in [1.29, 1.82) is 0 Å². The highest BCUT2D eigenvalue weighted by atomic mass is 79.9. The van der Waals surface area contributed by atoms with E-state index in [0.29, 0.717) is 28.3 Å². The summed E-state index contributed by atoms with van der Waals surface area (Å²) in [5, 5.41) is 10.2. The fraction of sp³-hybridized carbons (Fsp3) is 0.133. The Labute approximate surface area is 124 Å². The van der Waals surface area contributed by atoms with E-state index in [9.17, 15) is 5.11 Å². The summed E-state index contributed by atoms with van der Waals surface area (Å²) in [6, 6.07) is 7.26. The number of hydrogen-bond acceptors (Lipinski definition) is 4. The van der Waals surface area contributed by atoms with Crippen molar-refractivity contribution in [3.8, 4) is 17.2 Å². The molecule has 102 valence electrons. The summed E-state index contributed by atoms with van der Waals surface area (Å²) < 4.78 is 6.60. The number of benzene rings is 2. The largest absolute Gasteiger partial charge is 0.507 e. The van der Waals surface area contributed by atoms with Crippen LogP contribution in [0.1, 0.15) is 11.1 Å². The van der Waals surface area contributed by atoms with Crippen LogP contribution in [-0.4, -0.2) is 10.1 Å². The molecule has 0 radical (unpaired) electrons. The molecule has 20 heavy (non-hydrogen) atoms.